The number of benzene rings is 1. The fraction of sp³-hybridized carbons (Fsp3) is 0.100. The molecule has 0 aliphatic carbocycles. The first-order chi connectivity index (χ1) is 6.34. The minimum absolute atomic E-state index is 1.07. The molecule has 0 saturated carbocycles. The molecule has 1 aromatic heterocycles. The number of rotatable bonds is 2. The average molecular weight is 173 g/mol. The van der Waals surface area contributed by atoms with Gasteiger partial charge in [-0.05, 0) is 24.6 Å². The zero-order valence-corrected chi connectivity index (χ0v) is 7.44. The van der Waals surface area contributed by atoms with E-state index in [-0.39, 0.29) is 0 Å². The van der Waals surface area contributed by atoms with E-state index in [1.807, 2.05) is 23.0 Å². The molecule has 1 heterocycles. The van der Waals surface area contributed by atoms with Crippen LogP contribution in [0.15, 0.2) is 43.0 Å². The summed E-state index contributed by atoms with van der Waals surface area (Å²) in [5.41, 5.74) is 5.49. The minimum Gasteiger partial charge on any atom is -0.293 e. The van der Waals surface area contributed by atoms with Crippen molar-refractivity contribution in [2.24, 2.45) is 0 Å². The second-order valence-electron chi connectivity index (χ2n) is 2.95. The largest absolute Gasteiger partial charge is 0.293 e. The normalized spacial score (nSPS) is 9.92. The molecule has 0 aliphatic heterocycles. The van der Waals surface area contributed by atoms with Gasteiger partial charge in [0.15, 0.2) is 0 Å². The Morgan fingerprint density at radius 1 is 1.38 bits per heavy atom. The van der Waals surface area contributed by atoms with Crippen molar-refractivity contribution >= 4 is 5.69 Å². The standard InChI is InChI=1S/C10H11N3/c1-9-3-2-4-10(7-9)12-13-6-5-11-8-13/h2-8,12H,1H3. The SMILES string of the molecule is Cc1cccc(Nn2ccnc2)c1. The van der Waals surface area contributed by atoms with E-state index < -0.39 is 0 Å². The maximum absolute atomic E-state index is 3.94. The molecule has 13 heavy (non-hydrogen) atoms. The van der Waals surface area contributed by atoms with Gasteiger partial charge in [0.05, 0.1) is 5.69 Å². The maximum atomic E-state index is 3.94. The number of hydrogen-bond donors (Lipinski definition) is 1. The zero-order valence-electron chi connectivity index (χ0n) is 7.44. The molecule has 0 aliphatic rings. The number of nitrogens with one attached hydrogen (secondary N) is 1. The van der Waals surface area contributed by atoms with Gasteiger partial charge in [0.2, 0.25) is 0 Å². The molecule has 0 spiro atoms. The summed E-state index contributed by atoms with van der Waals surface area (Å²) in [7, 11) is 0. The van der Waals surface area contributed by atoms with Gasteiger partial charge in [-0.15, -0.1) is 0 Å². The summed E-state index contributed by atoms with van der Waals surface area (Å²) in [6.07, 6.45) is 5.33. The van der Waals surface area contributed by atoms with E-state index in [0.717, 1.165) is 5.69 Å². The fourth-order valence-electron chi connectivity index (χ4n) is 1.19. The quantitative estimate of drug-likeness (QED) is 0.753. The van der Waals surface area contributed by atoms with Crippen LogP contribution in [0.5, 0.6) is 0 Å². The van der Waals surface area contributed by atoms with Crippen molar-refractivity contribution in [2.75, 3.05) is 5.43 Å². The smallest absolute Gasteiger partial charge is 0.114 e. The highest BCUT2D eigenvalue weighted by Gasteiger charge is 1.91. The number of aromatic nitrogens is 2. The second-order valence-corrected chi connectivity index (χ2v) is 2.95. The molecule has 0 atom stereocenters. The van der Waals surface area contributed by atoms with Gasteiger partial charge in [0.1, 0.15) is 6.33 Å². The van der Waals surface area contributed by atoms with Crippen molar-refractivity contribution in [2.45, 2.75) is 6.92 Å². The zero-order chi connectivity index (χ0) is 9.10. The van der Waals surface area contributed by atoms with Crippen molar-refractivity contribution < 1.29 is 0 Å². The lowest BCUT2D eigenvalue weighted by molar-refractivity contribution is 0.954. The van der Waals surface area contributed by atoms with Gasteiger partial charge in [0.25, 0.3) is 0 Å². The molecular weight excluding hydrogens is 162 g/mol. The molecular formula is C10H11N3. The van der Waals surface area contributed by atoms with E-state index in [9.17, 15) is 0 Å². The Bertz CT molecular complexity index is 379. The number of imidazole rings is 1. The number of aryl methyl sites for hydroxylation is 1. The summed E-state index contributed by atoms with van der Waals surface area (Å²) in [5.74, 6) is 0. The van der Waals surface area contributed by atoms with E-state index in [1.54, 1.807) is 12.5 Å². The lowest BCUT2D eigenvalue weighted by Crippen LogP contribution is -2.05. The minimum atomic E-state index is 1.07. The first-order valence-electron chi connectivity index (χ1n) is 4.16. The Labute approximate surface area is 77.0 Å². The molecule has 0 radical (unpaired) electrons. The third kappa shape index (κ3) is 1.87. The van der Waals surface area contributed by atoms with Crippen molar-refractivity contribution in [1.82, 2.24) is 9.66 Å². The monoisotopic (exact) mass is 173 g/mol. The van der Waals surface area contributed by atoms with Crippen LogP contribution in [0.3, 0.4) is 0 Å². The van der Waals surface area contributed by atoms with E-state index in [1.165, 1.54) is 5.56 Å². The van der Waals surface area contributed by atoms with Gasteiger partial charge in [-0.1, -0.05) is 12.1 Å². The number of anilines is 1. The lowest BCUT2D eigenvalue weighted by Gasteiger charge is -2.06. The Hall–Kier alpha value is -1.77. The molecule has 0 bridgehead atoms. The Morgan fingerprint density at radius 3 is 3.00 bits per heavy atom. The fourth-order valence-corrected chi connectivity index (χ4v) is 1.19. The van der Waals surface area contributed by atoms with E-state index in [2.05, 4.69) is 29.5 Å². The van der Waals surface area contributed by atoms with Crippen molar-refractivity contribution in [3.8, 4) is 0 Å². The molecule has 3 nitrogen and oxygen atoms in total. The Kier molecular flexibility index (Phi) is 2.00. The van der Waals surface area contributed by atoms with Gasteiger partial charge in [-0.2, -0.15) is 0 Å². The van der Waals surface area contributed by atoms with Gasteiger partial charge in [-0.25, -0.2) is 4.98 Å². The van der Waals surface area contributed by atoms with Gasteiger partial charge < -0.3 is 0 Å². The molecule has 0 fully saturated rings. The van der Waals surface area contributed by atoms with Crippen LogP contribution in [0, 0.1) is 6.92 Å². The first-order valence-corrected chi connectivity index (χ1v) is 4.16. The first kappa shape index (κ1) is 7.86. The van der Waals surface area contributed by atoms with E-state index >= 15 is 0 Å². The topological polar surface area (TPSA) is 29.9 Å². The highest BCUT2D eigenvalue weighted by atomic mass is 15.4. The highest BCUT2D eigenvalue weighted by molar-refractivity contribution is 5.44. The summed E-state index contributed by atoms with van der Waals surface area (Å²) in [6.45, 7) is 2.07. The summed E-state index contributed by atoms with van der Waals surface area (Å²) < 4.78 is 1.81. The van der Waals surface area contributed by atoms with Gasteiger partial charge in [-0.3, -0.25) is 10.1 Å². The van der Waals surface area contributed by atoms with Crippen LogP contribution in [0.4, 0.5) is 5.69 Å². The Morgan fingerprint density at radius 2 is 2.31 bits per heavy atom. The van der Waals surface area contributed by atoms with Gasteiger partial charge >= 0.3 is 0 Å². The van der Waals surface area contributed by atoms with Crippen molar-refractivity contribution in [3.05, 3.63) is 48.5 Å². The Balaban J connectivity index is 2.19. The second kappa shape index (κ2) is 3.31. The summed E-state index contributed by atoms with van der Waals surface area (Å²) in [6, 6.07) is 8.20. The van der Waals surface area contributed by atoms with Crippen molar-refractivity contribution in [3.63, 3.8) is 0 Å². The molecule has 0 amide bonds. The average Bonchev–Trinajstić information content (AvgIpc) is 2.57. The van der Waals surface area contributed by atoms with E-state index in [0.29, 0.717) is 0 Å². The predicted molar refractivity (Wildman–Crippen MR) is 52.4 cm³/mol. The summed E-state index contributed by atoms with van der Waals surface area (Å²) >= 11 is 0. The van der Waals surface area contributed by atoms with Crippen LogP contribution in [0.25, 0.3) is 0 Å². The lowest BCUT2D eigenvalue weighted by atomic mass is 10.2. The van der Waals surface area contributed by atoms with Crippen LogP contribution >= 0.6 is 0 Å². The molecule has 2 aromatic rings. The third-order valence-electron chi connectivity index (χ3n) is 1.78. The van der Waals surface area contributed by atoms with Gasteiger partial charge in [0, 0.05) is 12.4 Å². The van der Waals surface area contributed by atoms with Crippen LogP contribution in [-0.4, -0.2) is 9.66 Å². The summed E-state index contributed by atoms with van der Waals surface area (Å²) in [4.78, 5) is 3.94. The third-order valence-corrected chi connectivity index (χ3v) is 1.78. The molecule has 3 heteroatoms. The maximum Gasteiger partial charge on any atom is 0.114 e. The van der Waals surface area contributed by atoms with Crippen molar-refractivity contribution in [1.29, 1.82) is 0 Å². The molecule has 1 N–H and O–H groups in total. The molecule has 0 unspecified atom stereocenters. The summed E-state index contributed by atoms with van der Waals surface area (Å²) in [5, 5.41) is 0. The molecule has 2 rings (SSSR count). The van der Waals surface area contributed by atoms with Crippen LogP contribution in [0.2, 0.25) is 0 Å². The number of hydrogen-bond acceptors (Lipinski definition) is 2. The molecule has 1 aromatic carbocycles. The van der Waals surface area contributed by atoms with E-state index in [4.69, 9.17) is 0 Å². The molecule has 0 saturated heterocycles. The predicted octanol–water partition coefficient (Wildman–Crippen LogP) is 2.07. The molecule has 66 valence electrons. The number of nitrogens with zero attached hydrogens (tertiary/aromatic N) is 2. The van der Waals surface area contributed by atoms with Crippen LogP contribution < -0.4 is 5.43 Å². The highest BCUT2D eigenvalue weighted by Crippen LogP contribution is 2.09. The van der Waals surface area contributed by atoms with Crippen LogP contribution in [-0.2, 0) is 0 Å². The van der Waals surface area contributed by atoms with Crippen LogP contribution in [0.1, 0.15) is 5.56 Å².